The van der Waals surface area contributed by atoms with Crippen LogP contribution in [0.25, 0.3) is 0 Å². The normalized spacial score (nSPS) is 22.5. The van der Waals surface area contributed by atoms with Crippen LogP contribution in [-0.2, 0) is 6.18 Å². The molecule has 1 aromatic rings. The number of rotatable bonds is 4. The summed E-state index contributed by atoms with van der Waals surface area (Å²) in [5.41, 5.74) is 0.328. The van der Waals surface area contributed by atoms with Gasteiger partial charge in [-0.15, -0.1) is 0 Å². The lowest BCUT2D eigenvalue weighted by Gasteiger charge is -2.40. The smallest absolute Gasteiger partial charge is 0.356 e. The first-order valence-electron chi connectivity index (χ1n) is 9.07. The molecule has 2 N–H and O–H groups in total. The number of guanidine groups is 1. The van der Waals surface area contributed by atoms with Crippen molar-refractivity contribution in [2.45, 2.75) is 44.9 Å². The van der Waals surface area contributed by atoms with Gasteiger partial charge in [0.1, 0.15) is 0 Å². The van der Waals surface area contributed by atoms with Crippen LogP contribution >= 0.6 is 0 Å². The van der Waals surface area contributed by atoms with Gasteiger partial charge >= 0.3 is 6.18 Å². The Kier molecular flexibility index (Phi) is 6.92. The van der Waals surface area contributed by atoms with E-state index >= 15 is 0 Å². The Morgan fingerprint density at radius 2 is 1.92 bits per heavy atom. The van der Waals surface area contributed by atoms with Crippen molar-refractivity contribution in [3.05, 3.63) is 35.4 Å². The van der Waals surface area contributed by atoms with Gasteiger partial charge in [-0.3, -0.25) is 9.89 Å². The number of likely N-dealkylation sites (tertiary alicyclic amines) is 1. The summed E-state index contributed by atoms with van der Waals surface area (Å²) in [4.78, 5) is 6.46. The van der Waals surface area contributed by atoms with E-state index < -0.39 is 11.7 Å². The highest BCUT2D eigenvalue weighted by Gasteiger charge is 2.33. The predicted molar refractivity (Wildman–Crippen MR) is 99.2 cm³/mol. The van der Waals surface area contributed by atoms with E-state index in [4.69, 9.17) is 0 Å². The first kappa shape index (κ1) is 20.6. The zero-order chi connectivity index (χ0) is 19.3. The maximum absolute atomic E-state index is 12.8. The SMILES string of the molecule is CN=C(NCC1CCCN(C)C1c1ccc(C(F)(F)F)cc1)NC(C)C. The van der Waals surface area contributed by atoms with Crippen LogP contribution < -0.4 is 10.6 Å². The van der Waals surface area contributed by atoms with Gasteiger partial charge in [0.05, 0.1) is 5.56 Å². The fourth-order valence-electron chi connectivity index (χ4n) is 3.57. The van der Waals surface area contributed by atoms with E-state index in [1.807, 2.05) is 20.9 Å². The van der Waals surface area contributed by atoms with Crippen LogP contribution in [0.1, 0.15) is 43.9 Å². The highest BCUT2D eigenvalue weighted by atomic mass is 19.4. The number of aliphatic imine (C=N–C) groups is 1. The fourth-order valence-corrected chi connectivity index (χ4v) is 3.57. The van der Waals surface area contributed by atoms with Crippen molar-refractivity contribution in [3.8, 4) is 0 Å². The summed E-state index contributed by atoms with van der Waals surface area (Å²) < 4.78 is 38.5. The van der Waals surface area contributed by atoms with E-state index in [1.54, 1.807) is 19.2 Å². The van der Waals surface area contributed by atoms with Gasteiger partial charge in [-0.05, 0) is 63.9 Å². The molecule has 26 heavy (non-hydrogen) atoms. The molecule has 146 valence electrons. The molecule has 1 saturated heterocycles. The fraction of sp³-hybridized carbons (Fsp3) is 0.632. The maximum atomic E-state index is 12.8. The molecule has 7 heteroatoms. The number of nitrogens with zero attached hydrogens (tertiary/aromatic N) is 2. The van der Waals surface area contributed by atoms with Gasteiger partial charge in [0.2, 0.25) is 0 Å². The quantitative estimate of drug-likeness (QED) is 0.628. The Morgan fingerprint density at radius 1 is 1.27 bits per heavy atom. The third kappa shape index (κ3) is 5.37. The predicted octanol–water partition coefficient (Wildman–Crippen LogP) is 3.66. The number of nitrogens with one attached hydrogen (secondary N) is 2. The molecule has 0 spiro atoms. The van der Waals surface area contributed by atoms with Gasteiger partial charge in [0.15, 0.2) is 5.96 Å². The largest absolute Gasteiger partial charge is 0.416 e. The number of benzene rings is 1. The lowest BCUT2D eigenvalue weighted by Crippen LogP contribution is -2.46. The molecule has 0 aromatic heterocycles. The summed E-state index contributed by atoms with van der Waals surface area (Å²) in [7, 11) is 3.77. The van der Waals surface area contributed by atoms with Crippen LogP contribution in [0.2, 0.25) is 0 Å². The average Bonchev–Trinajstić information content (AvgIpc) is 2.57. The molecule has 0 saturated carbocycles. The second kappa shape index (κ2) is 8.75. The summed E-state index contributed by atoms with van der Waals surface area (Å²) in [5, 5.41) is 6.62. The van der Waals surface area contributed by atoms with Crippen LogP contribution in [0.15, 0.2) is 29.3 Å². The summed E-state index contributed by atoms with van der Waals surface area (Å²) in [6.45, 7) is 5.77. The second-order valence-corrected chi connectivity index (χ2v) is 7.20. The number of alkyl halides is 3. The number of hydrogen-bond donors (Lipinski definition) is 2. The molecule has 1 heterocycles. The maximum Gasteiger partial charge on any atom is 0.416 e. The Labute approximate surface area is 153 Å². The molecule has 2 unspecified atom stereocenters. The molecular formula is C19H29F3N4. The van der Waals surface area contributed by atoms with Crippen molar-refractivity contribution in [1.82, 2.24) is 15.5 Å². The minimum Gasteiger partial charge on any atom is -0.356 e. The summed E-state index contributed by atoms with van der Waals surface area (Å²) in [6.07, 6.45) is -2.19. The average molecular weight is 370 g/mol. The van der Waals surface area contributed by atoms with Crippen LogP contribution in [0.3, 0.4) is 0 Å². The van der Waals surface area contributed by atoms with Gasteiger partial charge in [0, 0.05) is 25.7 Å². The van der Waals surface area contributed by atoms with Crippen molar-refractivity contribution in [3.63, 3.8) is 0 Å². The van der Waals surface area contributed by atoms with E-state index in [-0.39, 0.29) is 12.1 Å². The highest BCUT2D eigenvalue weighted by molar-refractivity contribution is 5.79. The van der Waals surface area contributed by atoms with Crippen LogP contribution in [0.4, 0.5) is 13.2 Å². The van der Waals surface area contributed by atoms with E-state index in [0.717, 1.165) is 37.5 Å². The van der Waals surface area contributed by atoms with E-state index in [9.17, 15) is 13.2 Å². The van der Waals surface area contributed by atoms with Crippen LogP contribution in [-0.4, -0.2) is 44.1 Å². The topological polar surface area (TPSA) is 39.7 Å². The van der Waals surface area contributed by atoms with Gasteiger partial charge in [-0.1, -0.05) is 12.1 Å². The first-order valence-corrected chi connectivity index (χ1v) is 9.07. The molecule has 0 bridgehead atoms. The van der Waals surface area contributed by atoms with Crippen LogP contribution in [0, 0.1) is 5.92 Å². The van der Waals surface area contributed by atoms with Crippen molar-refractivity contribution in [2.75, 3.05) is 27.2 Å². The third-order valence-electron chi connectivity index (χ3n) is 4.77. The molecule has 4 nitrogen and oxygen atoms in total. The van der Waals surface area contributed by atoms with Gasteiger partial charge in [0.25, 0.3) is 0 Å². The zero-order valence-corrected chi connectivity index (χ0v) is 15.9. The molecule has 1 aliphatic rings. The molecule has 1 fully saturated rings. The van der Waals surface area contributed by atoms with E-state index in [2.05, 4.69) is 20.5 Å². The highest BCUT2D eigenvalue weighted by Crippen LogP contribution is 2.36. The van der Waals surface area contributed by atoms with E-state index in [1.165, 1.54) is 12.1 Å². The molecule has 1 aromatic carbocycles. The molecule has 2 rings (SSSR count). The van der Waals surface area contributed by atoms with Crippen molar-refractivity contribution < 1.29 is 13.2 Å². The first-order chi connectivity index (χ1) is 12.2. The number of halogens is 3. The lowest BCUT2D eigenvalue weighted by atomic mass is 9.84. The Bertz CT molecular complexity index is 596. The van der Waals surface area contributed by atoms with E-state index in [0.29, 0.717) is 5.92 Å². The van der Waals surface area contributed by atoms with Gasteiger partial charge in [-0.25, -0.2) is 0 Å². The Balaban J connectivity index is 2.12. The molecule has 2 atom stereocenters. The lowest BCUT2D eigenvalue weighted by molar-refractivity contribution is -0.137. The standard InChI is InChI=1S/C19H29F3N4/c1-13(2)25-18(23-3)24-12-15-6-5-11-26(4)17(15)14-7-9-16(10-8-14)19(20,21)22/h7-10,13,15,17H,5-6,11-12H2,1-4H3,(H2,23,24,25). The molecule has 1 aliphatic heterocycles. The van der Waals surface area contributed by atoms with Crippen molar-refractivity contribution in [2.24, 2.45) is 10.9 Å². The second-order valence-electron chi connectivity index (χ2n) is 7.20. The Hall–Kier alpha value is -1.76. The number of hydrogen-bond acceptors (Lipinski definition) is 2. The summed E-state index contributed by atoms with van der Waals surface area (Å²) in [5.74, 6) is 1.05. The minimum absolute atomic E-state index is 0.0932. The van der Waals surface area contributed by atoms with Crippen LogP contribution in [0.5, 0.6) is 0 Å². The van der Waals surface area contributed by atoms with Crippen molar-refractivity contribution in [1.29, 1.82) is 0 Å². The van der Waals surface area contributed by atoms with Gasteiger partial charge in [-0.2, -0.15) is 13.2 Å². The van der Waals surface area contributed by atoms with Crippen molar-refractivity contribution >= 4 is 5.96 Å². The Morgan fingerprint density at radius 3 is 2.46 bits per heavy atom. The number of piperidine rings is 1. The van der Waals surface area contributed by atoms with Gasteiger partial charge < -0.3 is 10.6 Å². The molecule has 0 aliphatic carbocycles. The third-order valence-corrected chi connectivity index (χ3v) is 4.77. The molecule has 0 amide bonds. The summed E-state index contributed by atoms with van der Waals surface area (Å²) in [6, 6.07) is 5.97. The minimum atomic E-state index is -4.30. The molecule has 0 radical (unpaired) electrons. The monoisotopic (exact) mass is 370 g/mol. The molecular weight excluding hydrogens is 341 g/mol. The zero-order valence-electron chi connectivity index (χ0n) is 15.9. The summed E-state index contributed by atoms with van der Waals surface area (Å²) >= 11 is 0.